The topological polar surface area (TPSA) is 96.4 Å². The first-order valence-electron chi connectivity index (χ1n) is 13.7. The van der Waals surface area contributed by atoms with Gasteiger partial charge in [-0.25, -0.2) is 14.8 Å². The molecular formula is C31H34F3N5O4. The Kier molecular flexibility index (Phi) is 9.59. The van der Waals surface area contributed by atoms with Gasteiger partial charge in [-0.15, -0.1) is 0 Å². The minimum atomic E-state index is -4.54. The van der Waals surface area contributed by atoms with Crippen molar-refractivity contribution in [2.75, 3.05) is 20.6 Å². The highest BCUT2D eigenvalue weighted by Gasteiger charge is 2.44. The maximum atomic E-state index is 14.0. The van der Waals surface area contributed by atoms with E-state index in [1.807, 2.05) is 30.3 Å². The number of halogens is 3. The molecule has 1 heterocycles. The number of phenols is 1. The van der Waals surface area contributed by atoms with E-state index in [2.05, 4.69) is 5.32 Å². The Labute approximate surface area is 248 Å². The third-order valence-electron chi connectivity index (χ3n) is 7.31. The average Bonchev–Trinajstić information content (AvgIpc) is 2.96. The number of benzene rings is 3. The van der Waals surface area contributed by atoms with E-state index in [0.29, 0.717) is 5.56 Å². The molecule has 1 aliphatic rings. The molecule has 3 aromatic rings. The number of likely N-dealkylation sites (N-methyl/N-ethyl adjacent to an activating group) is 2. The summed E-state index contributed by atoms with van der Waals surface area (Å²) in [6.07, 6.45) is -5.37. The lowest BCUT2D eigenvalue weighted by Gasteiger charge is -2.49. The summed E-state index contributed by atoms with van der Waals surface area (Å²) in [5.74, 6) is -0.884. The monoisotopic (exact) mass is 597 g/mol. The number of rotatable bonds is 8. The predicted molar refractivity (Wildman–Crippen MR) is 153 cm³/mol. The van der Waals surface area contributed by atoms with Crippen molar-refractivity contribution in [2.24, 2.45) is 0 Å². The Morgan fingerprint density at radius 3 is 2.30 bits per heavy atom. The summed E-state index contributed by atoms with van der Waals surface area (Å²) in [5.41, 5.74) is 0.968. The van der Waals surface area contributed by atoms with E-state index in [1.54, 1.807) is 26.1 Å². The van der Waals surface area contributed by atoms with Crippen molar-refractivity contribution in [3.63, 3.8) is 0 Å². The molecule has 0 radical (unpaired) electrons. The van der Waals surface area contributed by atoms with Gasteiger partial charge < -0.3 is 20.2 Å². The van der Waals surface area contributed by atoms with Crippen LogP contribution in [0.1, 0.15) is 29.2 Å². The van der Waals surface area contributed by atoms with E-state index in [0.717, 1.165) is 17.7 Å². The number of nitrogens with one attached hydrogen (secondary N) is 1. The van der Waals surface area contributed by atoms with E-state index in [9.17, 15) is 32.7 Å². The number of carbonyl (C=O) groups excluding carboxylic acids is 3. The molecule has 0 unspecified atom stereocenters. The van der Waals surface area contributed by atoms with Crippen LogP contribution in [0.3, 0.4) is 0 Å². The van der Waals surface area contributed by atoms with Gasteiger partial charge in [0.15, 0.2) is 0 Å². The second kappa shape index (κ2) is 13.2. The molecule has 228 valence electrons. The van der Waals surface area contributed by atoms with Gasteiger partial charge in [0.05, 0.1) is 12.1 Å². The third-order valence-corrected chi connectivity index (χ3v) is 7.31. The molecule has 1 aliphatic heterocycles. The summed E-state index contributed by atoms with van der Waals surface area (Å²) >= 11 is 0. The van der Waals surface area contributed by atoms with E-state index >= 15 is 0 Å². The van der Waals surface area contributed by atoms with Gasteiger partial charge in [-0.3, -0.25) is 9.59 Å². The Bertz CT molecular complexity index is 1440. The lowest BCUT2D eigenvalue weighted by molar-refractivity contribution is -0.171. The molecule has 0 bridgehead atoms. The molecule has 0 aromatic heterocycles. The highest BCUT2D eigenvalue weighted by atomic mass is 19.4. The first kappa shape index (κ1) is 31.4. The molecule has 4 amide bonds. The number of hydrazine groups is 1. The molecule has 1 fully saturated rings. The molecule has 0 spiro atoms. The Balaban J connectivity index is 1.61. The number of aromatic hydroxyl groups is 1. The fourth-order valence-corrected chi connectivity index (χ4v) is 5.19. The molecule has 1 saturated heterocycles. The fraction of sp³-hybridized carbons (Fsp3) is 0.323. The zero-order valence-corrected chi connectivity index (χ0v) is 24.1. The van der Waals surface area contributed by atoms with Crippen molar-refractivity contribution in [1.82, 2.24) is 25.1 Å². The van der Waals surface area contributed by atoms with Crippen molar-refractivity contribution in [3.05, 3.63) is 101 Å². The average molecular weight is 598 g/mol. The summed E-state index contributed by atoms with van der Waals surface area (Å²) < 4.78 is 39.9. The van der Waals surface area contributed by atoms with E-state index in [-0.39, 0.29) is 37.4 Å². The van der Waals surface area contributed by atoms with Crippen LogP contribution >= 0.6 is 0 Å². The summed E-state index contributed by atoms with van der Waals surface area (Å²) in [6, 6.07) is 18.6. The van der Waals surface area contributed by atoms with Crippen LogP contribution in [0.4, 0.5) is 18.0 Å². The first-order valence-corrected chi connectivity index (χ1v) is 13.7. The number of carbonyl (C=O) groups is 3. The van der Waals surface area contributed by atoms with E-state index in [1.165, 1.54) is 51.1 Å². The van der Waals surface area contributed by atoms with Gasteiger partial charge in [-0.1, -0.05) is 54.6 Å². The number of amides is 4. The molecule has 9 nitrogen and oxygen atoms in total. The van der Waals surface area contributed by atoms with Crippen molar-refractivity contribution in [2.45, 2.75) is 44.8 Å². The molecule has 43 heavy (non-hydrogen) atoms. The summed E-state index contributed by atoms with van der Waals surface area (Å²) in [4.78, 5) is 43.4. The van der Waals surface area contributed by atoms with Crippen LogP contribution in [0.5, 0.6) is 5.75 Å². The van der Waals surface area contributed by atoms with Crippen molar-refractivity contribution in [1.29, 1.82) is 0 Å². The van der Waals surface area contributed by atoms with Crippen molar-refractivity contribution >= 4 is 17.8 Å². The van der Waals surface area contributed by atoms with Crippen LogP contribution in [-0.4, -0.2) is 75.6 Å². The van der Waals surface area contributed by atoms with Crippen molar-refractivity contribution in [3.8, 4) is 5.75 Å². The molecule has 3 aromatic carbocycles. The second-order valence-electron chi connectivity index (χ2n) is 10.5. The lowest BCUT2D eigenvalue weighted by atomic mass is 10.0. The zero-order chi connectivity index (χ0) is 31.3. The van der Waals surface area contributed by atoms with Crippen LogP contribution in [-0.2, 0) is 35.3 Å². The molecule has 0 aliphatic carbocycles. The summed E-state index contributed by atoms with van der Waals surface area (Å²) in [7, 11) is 3.06. The maximum Gasteiger partial charge on any atom is 0.416 e. The molecule has 2 atom stereocenters. The van der Waals surface area contributed by atoms with Gasteiger partial charge in [0.1, 0.15) is 18.0 Å². The van der Waals surface area contributed by atoms with Gasteiger partial charge in [0.2, 0.25) is 11.8 Å². The van der Waals surface area contributed by atoms with Crippen LogP contribution in [0.15, 0.2) is 78.9 Å². The van der Waals surface area contributed by atoms with Crippen LogP contribution in [0.25, 0.3) is 0 Å². The Hall–Kier alpha value is -4.58. The van der Waals surface area contributed by atoms with Crippen molar-refractivity contribution < 1.29 is 32.7 Å². The molecule has 0 saturated carbocycles. The second-order valence-corrected chi connectivity index (χ2v) is 10.5. The lowest BCUT2D eigenvalue weighted by Crippen LogP contribution is -2.69. The number of phenolic OH excluding ortho intramolecular Hbond substituents is 1. The van der Waals surface area contributed by atoms with Gasteiger partial charge in [-0.2, -0.15) is 13.2 Å². The normalized spacial score (nSPS) is 16.6. The van der Waals surface area contributed by atoms with E-state index < -0.39 is 41.8 Å². The van der Waals surface area contributed by atoms with Crippen LogP contribution < -0.4 is 5.32 Å². The van der Waals surface area contributed by atoms with E-state index in [4.69, 9.17) is 0 Å². The third kappa shape index (κ3) is 7.63. The van der Waals surface area contributed by atoms with Gasteiger partial charge in [0.25, 0.3) is 0 Å². The van der Waals surface area contributed by atoms with Crippen LogP contribution in [0.2, 0.25) is 0 Å². The largest absolute Gasteiger partial charge is 0.508 e. The first-order chi connectivity index (χ1) is 20.3. The molecule has 4 rings (SSSR count). The number of hydrogen-bond acceptors (Lipinski definition) is 5. The Morgan fingerprint density at radius 2 is 1.65 bits per heavy atom. The SMILES string of the molecule is C[C@H]1N([C@@H](Cc2ccc(O)cc2)C(=O)N(C)Cc2cccc(C(F)(F)F)c2)C(=O)CN(C)N1C(=O)NCc1ccccc1. The van der Waals surface area contributed by atoms with Gasteiger partial charge in [0, 0.05) is 33.6 Å². The molecule has 12 heteroatoms. The molecule has 2 N–H and O–H groups in total. The van der Waals surface area contributed by atoms with Gasteiger partial charge >= 0.3 is 12.2 Å². The highest BCUT2D eigenvalue weighted by Crippen LogP contribution is 2.30. The number of nitrogens with zero attached hydrogens (tertiary/aromatic N) is 4. The highest BCUT2D eigenvalue weighted by molar-refractivity contribution is 5.90. The maximum absolute atomic E-state index is 14.0. The number of urea groups is 1. The predicted octanol–water partition coefficient (Wildman–Crippen LogP) is 4.23. The zero-order valence-electron chi connectivity index (χ0n) is 24.1. The molecular weight excluding hydrogens is 563 g/mol. The van der Waals surface area contributed by atoms with Crippen LogP contribution in [0, 0.1) is 0 Å². The smallest absolute Gasteiger partial charge is 0.416 e. The van der Waals surface area contributed by atoms with Gasteiger partial charge in [-0.05, 0) is 47.9 Å². The summed E-state index contributed by atoms with van der Waals surface area (Å²) in [5, 5.41) is 15.5. The minimum Gasteiger partial charge on any atom is -0.508 e. The number of hydrogen-bond donors (Lipinski definition) is 2. The minimum absolute atomic E-state index is 0.0265. The Morgan fingerprint density at radius 1 is 1.00 bits per heavy atom. The summed E-state index contributed by atoms with van der Waals surface area (Å²) in [6.45, 7) is 1.58. The number of alkyl halides is 3. The fourth-order valence-electron chi connectivity index (χ4n) is 5.19. The quantitative estimate of drug-likeness (QED) is 0.406. The standard InChI is InChI=1S/C31H34F3N5O4/c1-21-38(28(41)20-37(3)39(21)30(43)35-18-23-8-5-4-6-9-23)27(17-22-12-14-26(40)15-13-22)29(42)36(2)19-24-10-7-11-25(16-24)31(32,33)34/h4-16,21,27,40H,17-20H2,1-3H3,(H,35,43)/t21-,27-/m0/s1.